The van der Waals surface area contributed by atoms with Crippen LogP contribution in [0.5, 0.6) is 0 Å². The van der Waals surface area contributed by atoms with Crippen molar-refractivity contribution in [1.82, 2.24) is 0 Å². The van der Waals surface area contributed by atoms with Gasteiger partial charge in [0.1, 0.15) is 6.61 Å². The lowest BCUT2D eigenvalue weighted by Gasteiger charge is -2.03. The van der Waals surface area contributed by atoms with Crippen LogP contribution in [0.1, 0.15) is 86.0 Å². The monoisotopic (exact) mass is 372 g/mol. The number of carbonyl (C=O) groups is 1. The van der Waals surface area contributed by atoms with Gasteiger partial charge in [0.05, 0.1) is 0 Å². The average Bonchev–Trinajstić information content (AvgIpc) is 2.59. The average molecular weight is 373 g/mol. The summed E-state index contributed by atoms with van der Waals surface area (Å²) in [6.45, 7) is 14.8. The lowest BCUT2D eigenvalue weighted by atomic mass is 10.0. The molecule has 0 aromatic rings. The summed E-state index contributed by atoms with van der Waals surface area (Å²) in [5.74, 6) is -0.154. The van der Waals surface area contributed by atoms with E-state index in [1.165, 1.54) is 22.3 Å². The lowest BCUT2D eigenvalue weighted by molar-refractivity contribution is -0.142. The van der Waals surface area contributed by atoms with Crippen molar-refractivity contribution in [2.24, 2.45) is 0 Å². The van der Waals surface area contributed by atoms with Crippen LogP contribution < -0.4 is 0 Å². The molecule has 0 aromatic heterocycles. The highest BCUT2D eigenvalue weighted by Gasteiger charge is 1.99. The van der Waals surface area contributed by atoms with Crippen LogP contribution in [-0.2, 0) is 9.53 Å². The second-order valence-electron chi connectivity index (χ2n) is 7.56. The molecule has 0 aliphatic carbocycles. The van der Waals surface area contributed by atoms with Gasteiger partial charge in [-0.25, -0.2) is 0 Å². The number of ether oxygens (including phenoxy) is 1. The van der Waals surface area contributed by atoms with Crippen molar-refractivity contribution in [2.45, 2.75) is 86.0 Å². The summed E-state index contributed by atoms with van der Waals surface area (Å²) in [7, 11) is 0. The Kier molecular flexibility index (Phi) is 15.2. The van der Waals surface area contributed by atoms with Crippen LogP contribution in [0, 0.1) is 0 Å². The molecular weight excluding hydrogens is 332 g/mol. The van der Waals surface area contributed by atoms with E-state index in [-0.39, 0.29) is 5.97 Å². The first-order valence-electron chi connectivity index (χ1n) is 10.2. The molecule has 0 saturated carbocycles. The first kappa shape index (κ1) is 25.2. The van der Waals surface area contributed by atoms with E-state index in [1.54, 1.807) is 6.08 Å². The molecule has 0 atom stereocenters. The van der Waals surface area contributed by atoms with Crippen LogP contribution in [0.4, 0.5) is 0 Å². The van der Waals surface area contributed by atoms with E-state index in [4.69, 9.17) is 4.74 Å². The minimum atomic E-state index is -0.154. The van der Waals surface area contributed by atoms with Gasteiger partial charge in [0, 0.05) is 6.42 Å². The predicted octanol–water partition coefficient (Wildman–Crippen LogP) is 7.64. The molecule has 0 aromatic carbocycles. The Bertz CT molecular complexity index is 555. The third-order valence-corrected chi connectivity index (χ3v) is 4.38. The Morgan fingerprint density at radius 1 is 0.704 bits per heavy atom. The van der Waals surface area contributed by atoms with Crippen molar-refractivity contribution >= 4 is 5.97 Å². The van der Waals surface area contributed by atoms with Gasteiger partial charge in [-0.1, -0.05) is 46.6 Å². The lowest BCUT2D eigenvalue weighted by Crippen LogP contribution is -2.03. The maximum absolute atomic E-state index is 11.4. The summed E-state index contributed by atoms with van der Waals surface area (Å²) in [6.07, 6.45) is 18.5. The van der Waals surface area contributed by atoms with Gasteiger partial charge < -0.3 is 4.74 Å². The summed E-state index contributed by atoms with van der Waals surface area (Å²) in [4.78, 5) is 11.4. The molecular formula is C25H40O2. The minimum Gasteiger partial charge on any atom is -0.461 e. The fourth-order valence-corrected chi connectivity index (χ4v) is 2.56. The molecule has 152 valence electrons. The smallest absolute Gasteiger partial charge is 0.306 e. The summed E-state index contributed by atoms with van der Waals surface area (Å²) < 4.78 is 5.17. The van der Waals surface area contributed by atoms with Crippen LogP contribution in [0.3, 0.4) is 0 Å². The number of rotatable bonds is 14. The fourth-order valence-electron chi connectivity index (χ4n) is 2.56. The highest BCUT2D eigenvalue weighted by Crippen LogP contribution is 2.13. The van der Waals surface area contributed by atoms with Gasteiger partial charge in [-0.15, -0.1) is 6.58 Å². The maximum Gasteiger partial charge on any atom is 0.306 e. The zero-order valence-electron chi connectivity index (χ0n) is 18.3. The first-order chi connectivity index (χ1) is 12.8. The minimum absolute atomic E-state index is 0.154. The molecule has 0 unspecified atom stereocenters. The van der Waals surface area contributed by atoms with Gasteiger partial charge in [0.25, 0.3) is 0 Å². The molecule has 0 aliphatic rings. The summed E-state index contributed by atoms with van der Waals surface area (Å²) >= 11 is 0. The van der Waals surface area contributed by atoms with Gasteiger partial charge >= 0.3 is 5.97 Å². The SMILES string of the molecule is C=CCCC(=O)OC/C=C(\C)CC/C=C(\C)CC/C=C(\C)CCC=C(C)C. The Morgan fingerprint density at radius 2 is 1.19 bits per heavy atom. The Labute approximate surface area is 167 Å². The largest absolute Gasteiger partial charge is 0.461 e. The van der Waals surface area contributed by atoms with E-state index in [2.05, 4.69) is 59.4 Å². The van der Waals surface area contributed by atoms with Crippen molar-refractivity contribution < 1.29 is 9.53 Å². The van der Waals surface area contributed by atoms with E-state index in [0.29, 0.717) is 19.4 Å². The first-order valence-corrected chi connectivity index (χ1v) is 10.2. The molecule has 0 bridgehead atoms. The van der Waals surface area contributed by atoms with E-state index < -0.39 is 0 Å². The van der Waals surface area contributed by atoms with Crippen LogP contribution in [0.2, 0.25) is 0 Å². The molecule has 0 radical (unpaired) electrons. The molecule has 0 N–H and O–H groups in total. The Morgan fingerprint density at radius 3 is 1.67 bits per heavy atom. The van der Waals surface area contributed by atoms with Gasteiger partial charge in [-0.2, -0.15) is 0 Å². The fraction of sp³-hybridized carbons (Fsp3) is 0.560. The van der Waals surface area contributed by atoms with Crippen molar-refractivity contribution in [3.63, 3.8) is 0 Å². The van der Waals surface area contributed by atoms with Crippen molar-refractivity contribution in [1.29, 1.82) is 0 Å². The van der Waals surface area contributed by atoms with Crippen LogP contribution in [0.25, 0.3) is 0 Å². The van der Waals surface area contributed by atoms with Gasteiger partial charge in [0.15, 0.2) is 0 Å². The molecule has 0 saturated heterocycles. The van der Waals surface area contributed by atoms with Crippen LogP contribution >= 0.6 is 0 Å². The molecule has 2 heteroatoms. The third kappa shape index (κ3) is 17.3. The summed E-state index contributed by atoms with van der Waals surface area (Å²) in [5, 5.41) is 0. The van der Waals surface area contributed by atoms with Crippen molar-refractivity contribution in [3.8, 4) is 0 Å². The third-order valence-electron chi connectivity index (χ3n) is 4.38. The van der Waals surface area contributed by atoms with Crippen LogP contribution in [0.15, 0.2) is 59.3 Å². The molecule has 0 rings (SSSR count). The van der Waals surface area contributed by atoms with Crippen LogP contribution in [-0.4, -0.2) is 12.6 Å². The zero-order valence-corrected chi connectivity index (χ0v) is 18.3. The molecule has 27 heavy (non-hydrogen) atoms. The van der Waals surface area contributed by atoms with Crippen molar-refractivity contribution in [2.75, 3.05) is 6.61 Å². The predicted molar refractivity (Wildman–Crippen MR) is 119 cm³/mol. The maximum atomic E-state index is 11.4. The molecule has 0 aliphatic heterocycles. The van der Waals surface area contributed by atoms with E-state index in [0.717, 1.165) is 38.5 Å². The zero-order chi connectivity index (χ0) is 20.5. The Hall–Kier alpha value is -1.83. The molecule has 0 amide bonds. The number of hydrogen-bond donors (Lipinski definition) is 0. The van der Waals surface area contributed by atoms with Crippen molar-refractivity contribution in [3.05, 3.63) is 59.3 Å². The highest BCUT2D eigenvalue weighted by molar-refractivity contribution is 5.69. The number of allylic oxidation sites excluding steroid dienone is 8. The Balaban J connectivity index is 4.00. The number of hydrogen-bond acceptors (Lipinski definition) is 2. The number of carbonyl (C=O) groups excluding carboxylic acids is 1. The van der Waals surface area contributed by atoms with E-state index >= 15 is 0 Å². The standard InChI is InChI=1S/C25H40O2/c1-7-8-18-25(26)27-20-19-24(6)17-11-16-23(5)15-10-14-22(4)13-9-12-21(2)3/h7,12,14,16,19H,1,8-11,13,15,17-18,20H2,2-6H3/b22-14+,23-16+,24-19+. The summed E-state index contributed by atoms with van der Waals surface area (Å²) in [6, 6.07) is 0. The quantitative estimate of drug-likeness (QED) is 0.231. The van der Waals surface area contributed by atoms with E-state index in [9.17, 15) is 4.79 Å². The van der Waals surface area contributed by atoms with Gasteiger partial charge in [0.2, 0.25) is 0 Å². The number of esters is 1. The molecule has 0 heterocycles. The molecule has 0 spiro atoms. The molecule has 0 fully saturated rings. The molecule has 2 nitrogen and oxygen atoms in total. The topological polar surface area (TPSA) is 26.3 Å². The van der Waals surface area contributed by atoms with E-state index in [1.807, 2.05) is 6.08 Å². The summed E-state index contributed by atoms with van der Waals surface area (Å²) in [5.41, 5.74) is 5.61. The second kappa shape index (κ2) is 16.4. The second-order valence-corrected chi connectivity index (χ2v) is 7.56. The highest BCUT2D eigenvalue weighted by atomic mass is 16.5. The normalized spacial score (nSPS) is 12.7. The van der Waals surface area contributed by atoms with Gasteiger partial charge in [-0.05, 0) is 85.6 Å². The van der Waals surface area contributed by atoms with Gasteiger partial charge in [-0.3, -0.25) is 4.79 Å².